The van der Waals surface area contributed by atoms with Crippen molar-refractivity contribution in [3.63, 3.8) is 0 Å². The van der Waals surface area contributed by atoms with E-state index in [9.17, 15) is 13.2 Å². The number of benzene rings is 1. The molecule has 0 saturated carbocycles. The van der Waals surface area contributed by atoms with Crippen LogP contribution in [-0.2, 0) is 10.0 Å². The molecule has 0 unspecified atom stereocenters. The summed E-state index contributed by atoms with van der Waals surface area (Å²) in [7, 11) is -3.26. The standard InChI is InChI=1S/C17H18N2O4S/c1-24(22,23)19-9-3-6-16(19)13-7-8-18-15(11-13)12-4-2-5-14(10-12)17(20)21/h2,4-5,7-8,10-11,16H,3,6,9H2,1H3,(H,20,21)/t16-/m1/s1. The van der Waals surface area contributed by atoms with E-state index >= 15 is 0 Å². The summed E-state index contributed by atoms with van der Waals surface area (Å²) in [4.78, 5) is 15.4. The van der Waals surface area contributed by atoms with Gasteiger partial charge in [-0.25, -0.2) is 13.2 Å². The van der Waals surface area contributed by atoms with Crippen molar-refractivity contribution in [2.24, 2.45) is 0 Å². The predicted molar refractivity (Wildman–Crippen MR) is 90.2 cm³/mol. The predicted octanol–water partition coefficient (Wildman–Crippen LogP) is 2.54. The average Bonchev–Trinajstić information content (AvgIpc) is 3.05. The molecule has 7 heteroatoms. The van der Waals surface area contributed by atoms with E-state index in [0.29, 0.717) is 17.8 Å². The zero-order valence-corrected chi connectivity index (χ0v) is 14.0. The number of pyridine rings is 1. The van der Waals surface area contributed by atoms with E-state index in [1.165, 1.54) is 16.6 Å². The largest absolute Gasteiger partial charge is 0.478 e. The first-order chi connectivity index (χ1) is 11.4. The second-order valence-electron chi connectivity index (χ2n) is 5.89. The van der Waals surface area contributed by atoms with Gasteiger partial charge in [-0.05, 0) is 42.7 Å². The first-order valence-electron chi connectivity index (χ1n) is 7.63. The summed E-state index contributed by atoms with van der Waals surface area (Å²) in [5.74, 6) is -0.993. The van der Waals surface area contributed by atoms with Crippen LogP contribution in [0.25, 0.3) is 11.3 Å². The van der Waals surface area contributed by atoms with E-state index in [2.05, 4.69) is 4.98 Å². The molecule has 0 amide bonds. The summed E-state index contributed by atoms with van der Waals surface area (Å²) in [5, 5.41) is 9.11. The number of nitrogens with zero attached hydrogens (tertiary/aromatic N) is 2. The van der Waals surface area contributed by atoms with Gasteiger partial charge in [0.2, 0.25) is 10.0 Å². The Morgan fingerprint density at radius 3 is 2.79 bits per heavy atom. The van der Waals surface area contributed by atoms with Crippen molar-refractivity contribution in [1.82, 2.24) is 9.29 Å². The molecule has 0 bridgehead atoms. The van der Waals surface area contributed by atoms with Crippen LogP contribution in [0, 0.1) is 0 Å². The Hall–Kier alpha value is -2.25. The van der Waals surface area contributed by atoms with Gasteiger partial charge in [0.1, 0.15) is 0 Å². The number of aromatic carboxylic acids is 1. The van der Waals surface area contributed by atoms with Gasteiger partial charge in [-0.1, -0.05) is 12.1 Å². The molecule has 1 atom stereocenters. The molecule has 0 spiro atoms. The van der Waals surface area contributed by atoms with Gasteiger partial charge in [0.25, 0.3) is 0 Å². The fourth-order valence-electron chi connectivity index (χ4n) is 3.09. The van der Waals surface area contributed by atoms with Crippen LogP contribution in [0.1, 0.15) is 34.8 Å². The van der Waals surface area contributed by atoms with E-state index in [4.69, 9.17) is 5.11 Å². The van der Waals surface area contributed by atoms with Crippen LogP contribution < -0.4 is 0 Å². The van der Waals surface area contributed by atoms with E-state index in [-0.39, 0.29) is 11.6 Å². The Balaban J connectivity index is 1.98. The van der Waals surface area contributed by atoms with Crippen LogP contribution in [0.5, 0.6) is 0 Å². The Labute approximate surface area is 140 Å². The van der Waals surface area contributed by atoms with Gasteiger partial charge >= 0.3 is 5.97 Å². The van der Waals surface area contributed by atoms with Crippen molar-refractivity contribution >= 4 is 16.0 Å². The van der Waals surface area contributed by atoms with Crippen LogP contribution in [0.4, 0.5) is 0 Å². The third-order valence-electron chi connectivity index (χ3n) is 4.20. The van der Waals surface area contributed by atoms with E-state index in [1.54, 1.807) is 24.4 Å². The van der Waals surface area contributed by atoms with Gasteiger partial charge in [-0.15, -0.1) is 0 Å². The highest BCUT2D eigenvalue weighted by molar-refractivity contribution is 7.88. The maximum atomic E-state index is 11.9. The van der Waals surface area contributed by atoms with Gasteiger partial charge in [0.15, 0.2) is 0 Å². The number of carbonyl (C=O) groups is 1. The van der Waals surface area contributed by atoms with Crippen molar-refractivity contribution in [3.05, 3.63) is 53.7 Å². The second-order valence-corrected chi connectivity index (χ2v) is 7.83. The number of rotatable bonds is 4. The number of hydrogen-bond acceptors (Lipinski definition) is 4. The summed E-state index contributed by atoms with van der Waals surface area (Å²) in [5.41, 5.74) is 2.40. The molecule has 1 fully saturated rings. The van der Waals surface area contributed by atoms with Gasteiger partial charge in [-0.2, -0.15) is 4.31 Å². The van der Waals surface area contributed by atoms with Crippen LogP contribution in [-0.4, -0.2) is 41.6 Å². The number of hydrogen-bond donors (Lipinski definition) is 1. The monoisotopic (exact) mass is 346 g/mol. The topological polar surface area (TPSA) is 87.6 Å². The average molecular weight is 346 g/mol. The summed E-state index contributed by atoms with van der Waals surface area (Å²) >= 11 is 0. The highest BCUT2D eigenvalue weighted by Gasteiger charge is 2.32. The highest BCUT2D eigenvalue weighted by atomic mass is 32.2. The second kappa shape index (κ2) is 6.33. The number of carboxylic acid groups (broad SMARTS) is 1. The number of sulfonamides is 1. The SMILES string of the molecule is CS(=O)(=O)N1CCC[C@@H]1c1ccnc(-c2cccc(C(=O)O)c2)c1. The van der Waals surface area contributed by atoms with E-state index in [0.717, 1.165) is 18.4 Å². The molecule has 126 valence electrons. The molecule has 1 aliphatic heterocycles. The molecule has 1 aromatic carbocycles. The van der Waals surface area contributed by atoms with Crippen molar-refractivity contribution in [3.8, 4) is 11.3 Å². The van der Waals surface area contributed by atoms with Gasteiger partial charge in [0.05, 0.1) is 17.5 Å². The first-order valence-corrected chi connectivity index (χ1v) is 9.47. The fraction of sp³-hybridized carbons (Fsp3) is 0.294. The summed E-state index contributed by atoms with van der Waals surface area (Å²) < 4.78 is 25.4. The molecule has 0 aliphatic carbocycles. The Morgan fingerprint density at radius 2 is 2.08 bits per heavy atom. The lowest BCUT2D eigenvalue weighted by atomic mass is 10.0. The minimum atomic E-state index is -3.26. The lowest BCUT2D eigenvalue weighted by molar-refractivity contribution is 0.0697. The van der Waals surface area contributed by atoms with Gasteiger partial charge in [-0.3, -0.25) is 4.98 Å². The summed E-state index contributed by atoms with van der Waals surface area (Å²) in [6, 6.07) is 10.0. The van der Waals surface area contributed by atoms with Crippen LogP contribution >= 0.6 is 0 Å². The highest BCUT2D eigenvalue weighted by Crippen LogP contribution is 2.34. The molecule has 1 aromatic heterocycles. The third-order valence-corrected chi connectivity index (χ3v) is 5.49. The minimum absolute atomic E-state index is 0.190. The van der Waals surface area contributed by atoms with Crippen molar-refractivity contribution in [1.29, 1.82) is 0 Å². The van der Waals surface area contributed by atoms with Crippen molar-refractivity contribution in [2.45, 2.75) is 18.9 Å². The summed E-state index contributed by atoms with van der Waals surface area (Å²) in [6.07, 6.45) is 4.45. The maximum Gasteiger partial charge on any atom is 0.335 e. The lowest BCUT2D eigenvalue weighted by Gasteiger charge is -2.22. The molecule has 1 aliphatic rings. The van der Waals surface area contributed by atoms with Crippen LogP contribution in [0.15, 0.2) is 42.6 Å². The Bertz CT molecular complexity index is 880. The van der Waals surface area contributed by atoms with E-state index in [1.807, 2.05) is 12.1 Å². The molecular weight excluding hydrogens is 328 g/mol. The van der Waals surface area contributed by atoms with E-state index < -0.39 is 16.0 Å². The zero-order valence-electron chi connectivity index (χ0n) is 13.2. The molecule has 1 N–H and O–H groups in total. The Morgan fingerprint density at radius 1 is 1.29 bits per heavy atom. The number of carboxylic acids is 1. The molecule has 2 heterocycles. The van der Waals surface area contributed by atoms with Crippen molar-refractivity contribution in [2.75, 3.05) is 12.8 Å². The first kappa shape index (κ1) is 16.6. The maximum absolute atomic E-state index is 11.9. The molecule has 24 heavy (non-hydrogen) atoms. The molecule has 0 radical (unpaired) electrons. The minimum Gasteiger partial charge on any atom is -0.478 e. The summed E-state index contributed by atoms with van der Waals surface area (Å²) in [6.45, 7) is 0.523. The smallest absolute Gasteiger partial charge is 0.335 e. The van der Waals surface area contributed by atoms with Crippen LogP contribution in [0.2, 0.25) is 0 Å². The lowest BCUT2D eigenvalue weighted by Crippen LogP contribution is -2.29. The van der Waals surface area contributed by atoms with Crippen LogP contribution in [0.3, 0.4) is 0 Å². The Kier molecular flexibility index (Phi) is 4.38. The molecule has 3 rings (SSSR count). The molecule has 1 saturated heterocycles. The fourth-order valence-corrected chi connectivity index (χ4v) is 4.24. The van der Waals surface area contributed by atoms with Crippen molar-refractivity contribution < 1.29 is 18.3 Å². The number of aromatic nitrogens is 1. The molecule has 2 aromatic rings. The molecule has 6 nitrogen and oxygen atoms in total. The molecular formula is C17H18N2O4S. The van der Waals surface area contributed by atoms with Gasteiger partial charge < -0.3 is 5.11 Å². The van der Waals surface area contributed by atoms with Gasteiger partial charge in [0, 0.05) is 24.3 Å². The zero-order chi connectivity index (χ0) is 17.3. The quantitative estimate of drug-likeness (QED) is 0.919. The normalized spacial score (nSPS) is 18.6. The third kappa shape index (κ3) is 3.32.